The number of ketones is 1. The van der Waals surface area contributed by atoms with Crippen LogP contribution in [0.2, 0.25) is 0 Å². The number of aryl methyl sites for hydroxylation is 1. The molecule has 176 valence electrons. The molecule has 0 bridgehead atoms. The van der Waals surface area contributed by atoms with E-state index >= 15 is 0 Å². The van der Waals surface area contributed by atoms with Crippen LogP contribution in [0, 0.1) is 18.8 Å². The summed E-state index contributed by atoms with van der Waals surface area (Å²) >= 11 is 1.60. The molecule has 2 heterocycles. The van der Waals surface area contributed by atoms with Crippen LogP contribution in [-0.2, 0) is 14.4 Å². The van der Waals surface area contributed by atoms with Crippen LogP contribution < -0.4 is 11.1 Å². The topological polar surface area (TPSA) is 105 Å². The van der Waals surface area contributed by atoms with Crippen molar-refractivity contribution in [2.75, 3.05) is 6.54 Å². The Kier molecular flexibility index (Phi) is 8.02. The molecule has 2 aromatic rings. The highest BCUT2D eigenvalue weighted by atomic mass is 32.1. The van der Waals surface area contributed by atoms with Gasteiger partial charge >= 0.3 is 0 Å². The first-order valence-electron chi connectivity index (χ1n) is 11.3. The van der Waals surface area contributed by atoms with Gasteiger partial charge in [0.25, 0.3) is 0 Å². The molecular formula is C25H32N4O3S. The monoisotopic (exact) mass is 468 g/mol. The Morgan fingerprint density at radius 2 is 1.91 bits per heavy atom. The third kappa shape index (κ3) is 5.50. The van der Waals surface area contributed by atoms with Gasteiger partial charge in [-0.15, -0.1) is 11.3 Å². The maximum atomic E-state index is 13.2. The molecule has 0 spiro atoms. The lowest BCUT2D eigenvalue weighted by Crippen LogP contribution is -2.50. The molecule has 33 heavy (non-hydrogen) atoms. The molecule has 1 aromatic carbocycles. The number of rotatable bonds is 8. The minimum Gasteiger partial charge on any atom is -0.404 e. The molecule has 0 aliphatic carbocycles. The largest absolute Gasteiger partial charge is 0.404 e. The van der Waals surface area contributed by atoms with Gasteiger partial charge in [0.2, 0.25) is 11.8 Å². The van der Waals surface area contributed by atoms with Gasteiger partial charge in [0.1, 0.15) is 12.0 Å². The number of nitrogens with zero attached hydrogens (tertiary/aromatic N) is 2. The summed E-state index contributed by atoms with van der Waals surface area (Å²) in [6.07, 6.45) is 3.70. The number of nitrogens with one attached hydrogen (secondary N) is 1. The van der Waals surface area contributed by atoms with Crippen LogP contribution in [0.1, 0.15) is 50.9 Å². The highest BCUT2D eigenvalue weighted by Crippen LogP contribution is 2.29. The Balaban J connectivity index is 1.69. The fourth-order valence-electron chi connectivity index (χ4n) is 4.31. The average molecular weight is 469 g/mol. The lowest BCUT2D eigenvalue weighted by molar-refractivity contribution is -0.146. The Morgan fingerprint density at radius 3 is 2.48 bits per heavy atom. The molecule has 3 atom stereocenters. The fraction of sp³-hybridized carbons (Fsp3) is 0.440. The molecule has 7 nitrogen and oxygen atoms in total. The van der Waals surface area contributed by atoms with E-state index in [-0.39, 0.29) is 29.6 Å². The minimum atomic E-state index is -0.835. The predicted molar refractivity (Wildman–Crippen MR) is 130 cm³/mol. The molecular weight excluding hydrogens is 436 g/mol. The van der Waals surface area contributed by atoms with Crippen LogP contribution in [0.3, 0.4) is 0 Å². The predicted octanol–water partition coefficient (Wildman–Crippen LogP) is 3.60. The van der Waals surface area contributed by atoms with E-state index < -0.39 is 12.0 Å². The maximum absolute atomic E-state index is 13.2. The minimum absolute atomic E-state index is 0.190. The van der Waals surface area contributed by atoms with Gasteiger partial charge in [0.05, 0.1) is 22.1 Å². The molecule has 3 rings (SSSR count). The molecule has 1 fully saturated rings. The number of allylic oxidation sites excluding steroid dienone is 1. The molecule has 8 heteroatoms. The molecule has 1 saturated heterocycles. The Morgan fingerprint density at radius 1 is 1.21 bits per heavy atom. The highest BCUT2D eigenvalue weighted by Gasteiger charge is 2.40. The van der Waals surface area contributed by atoms with Crippen molar-refractivity contribution in [1.29, 1.82) is 0 Å². The van der Waals surface area contributed by atoms with Crippen LogP contribution in [0.4, 0.5) is 0 Å². The summed E-state index contributed by atoms with van der Waals surface area (Å²) in [5, 5.41) is 3.05. The zero-order chi connectivity index (χ0) is 24.1. The first kappa shape index (κ1) is 24.6. The Hall–Kier alpha value is -3.00. The number of nitrogens with two attached hydrogens (primary N) is 1. The smallest absolute Gasteiger partial charge is 0.243 e. The van der Waals surface area contributed by atoms with Crippen molar-refractivity contribution >= 4 is 28.9 Å². The van der Waals surface area contributed by atoms with Gasteiger partial charge < -0.3 is 16.0 Å². The van der Waals surface area contributed by atoms with Crippen molar-refractivity contribution in [2.24, 2.45) is 17.6 Å². The van der Waals surface area contributed by atoms with Gasteiger partial charge in [0.15, 0.2) is 5.78 Å². The summed E-state index contributed by atoms with van der Waals surface area (Å²) in [6.45, 7) is 8.04. The van der Waals surface area contributed by atoms with E-state index in [1.54, 1.807) is 16.2 Å². The lowest BCUT2D eigenvalue weighted by Gasteiger charge is -2.29. The van der Waals surface area contributed by atoms with Gasteiger partial charge in [0, 0.05) is 6.54 Å². The Labute approximate surface area is 199 Å². The molecule has 0 radical (unpaired) electrons. The zero-order valence-corrected chi connectivity index (χ0v) is 20.4. The second-order valence-corrected chi connectivity index (χ2v) is 9.65. The number of carbonyl (C=O) groups excluding carboxylic acids is 3. The normalized spacial score (nSPS) is 18.0. The van der Waals surface area contributed by atoms with E-state index in [0.29, 0.717) is 13.0 Å². The van der Waals surface area contributed by atoms with Crippen LogP contribution >= 0.6 is 11.3 Å². The van der Waals surface area contributed by atoms with Crippen LogP contribution in [0.5, 0.6) is 0 Å². The molecule has 2 amide bonds. The fourth-order valence-corrected chi connectivity index (χ4v) is 5.12. The van der Waals surface area contributed by atoms with Gasteiger partial charge in [-0.05, 0) is 56.0 Å². The number of hydrogen-bond donors (Lipinski definition) is 2. The van der Waals surface area contributed by atoms with Crippen LogP contribution in [-0.4, -0.2) is 40.1 Å². The van der Waals surface area contributed by atoms with Gasteiger partial charge in [-0.2, -0.15) is 0 Å². The summed E-state index contributed by atoms with van der Waals surface area (Å²) in [5.41, 5.74) is 10.3. The number of hydrogen-bond acceptors (Lipinski definition) is 6. The second-order valence-electron chi connectivity index (χ2n) is 8.79. The third-order valence-electron chi connectivity index (χ3n) is 6.12. The summed E-state index contributed by atoms with van der Waals surface area (Å²) < 4.78 is 0. The summed E-state index contributed by atoms with van der Waals surface area (Å²) in [6, 6.07) is 7.29. The van der Waals surface area contributed by atoms with Crippen molar-refractivity contribution in [2.45, 2.75) is 52.6 Å². The van der Waals surface area contributed by atoms with Gasteiger partial charge in [-0.3, -0.25) is 14.4 Å². The number of amides is 2. The molecule has 0 unspecified atom stereocenters. The number of aromatic nitrogens is 1. The summed E-state index contributed by atoms with van der Waals surface area (Å²) in [4.78, 5) is 45.7. The standard InChI is InChI=1S/C25H32N4O3S/c1-15(2)22(21(30)11-12-26)25(32)29-13-5-6-20(29)24(31)28-16(3)18-7-9-19(10-8-18)23-17(4)27-14-33-23/h7-12,14-16,20,22H,5-6,13,26H2,1-4H3,(H,28,31)/t16-,20-,22+/m0/s1. The maximum Gasteiger partial charge on any atom is 0.243 e. The van der Waals surface area contributed by atoms with E-state index in [9.17, 15) is 14.4 Å². The van der Waals surface area contributed by atoms with E-state index in [1.165, 1.54) is 6.08 Å². The van der Waals surface area contributed by atoms with E-state index in [2.05, 4.69) is 10.3 Å². The number of thiazole rings is 1. The van der Waals surface area contributed by atoms with Crippen LogP contribution in [0.25, 0.3) is 10.4 Å². The Bertz CT molecular complexity index is 1030. The molecule has 1 aliphatic heterocycles. The first-order valence-corrected chi connectivity index (χ1v) is 12.2. The molecule has 0 saturated carbocycles. The molecule has 1 aromatic heterocycles. The van der Waals surface area contributed by atoms with Crippen molar-refractivity contribution < 1.29 is 14.4 Å². The second kappa shape index (κ2) is 10.7. The zero-order valence-electron chi connectivity index (χ0n) is 19.6. The number of benzene rings is 1. The first-order chi connectivity index (χ1) is 15.7. The van der Waals surface area contributed by atoms with Crippen molar-refractivity contribution in [3.63, 3.8) is 0 Å². The van der Waals surface area contributed by atoms with Crippen molar-refractivity contribution in [1.82, 2.24) is 15.2 Å². The molecule has 3 N–H and O–H groups in total. The van der Waals surface area contributed by atoms with Crippen molar-refractivity contribution in [3.8, 4) is 10.4 Å². The summed E-state index contributed by atoms with van der Waals surface area (Å²) in [7, 11) is 0. The molecule has 1 aliphatic rings. The SMILES string of the molecule is Cc1ncsc1-c1ccc([C@H](C)NC(=O)[C@@H]2CCCN2C(=O)[C@@H](C(=O)C=CN)C(C)C)cc1. The van der Waals surface area contributed by atoms with Gasteiger partial charge in [-0.25, -0.2) is 4.98 Å². The third-order valence-corrected chi connectivity index (χ3v) is 7.09. The van der Waals surface area contributed by atoms with Gasteiger partial charge in [-0.1, -0.05) is 38.1 Å². The number of carbonyl (C=O) groups is 3. The number of likely N-dealkylation sites (tertiary alicyclic amines) is 1. The average Bonchev–Trinajstić information content (AvgIpc) is 3.43. The van der Waals surface area contributed by atoms with E-state index in [0.717, 1.165) is 34.3 Å². The van der Waals surface area contributed by atoms with Crippen molar-refractivity contribution in [3.05, 3.63) is 53.3 Å². The highest BCUT2D eigenvalue weighted by molar-refractivity contribution is 7.13. The quantitative estimate of drug-likeness (QED) is 0.455. The lowest BCUT2D eigenvalue weighted by atomic mass is 9.89. The summed E-state index contributed by atoms with van der Waals surface area (Å²) in [5.74, 6) is -1.85. The van der Waals surface area contributed by atoms with Crippen LogP contribution in [0.15, 0.2) is 42.1 Å². The van der Waals surface area contributed by atoms with E-state index in [1.807, 2.05) is 57.5 Å². The van der Waals surface area contributed by atoms with E-state index in [4.69, 9.17) is 5.73 Å².